The average molecular weight is 430 g/mol. The van der Waals surface area contributed by atoms with Gasteiger partial charge in [-0.05, 0) is 37.5 Å². The molecule has 7 nitrogen and oxygen atoms in total. The van der Waals surface area contributed by atoms with E-state index in [0.29, 0.717) is 32.5 Å². The van der Waals surface area contributed by atoms with E-state index in [-0.39, 0.29) is 23.3 Å². The summed E-state index contributed by atoms with van der Waals surface area (Å²) in [5.41, 5.74) is 5.42. The minimum absolute atomic E-state index is 0.169. The van der Waals surface area contributed by atoms with Gasteiger partial charge in [-0.3, -0.25) is 9.59 Å². The van der Waals surface area contributed by atoms with Gasteiger partial charge in [0.15, 0.2) is 11.5 Å². The second-order valence-corrected chi connectivity index (χ2v) is 8.88. The summed E-state index contributed by atoms with van der Waals surface area (Å²) in [6.45, 7) is 6.41. The lowest BCUT2D eigenvalue weighted by atomic mass is 9.82. The zero-order valence-corrected chi connectivity index (χ0v) is 17.0. The number of alkyl halides is 1. The number of phenolic OH excluding ortho intramolecular Hbond substituents is 2. The number of carbonyl (C=O) groups excluding carboxylic acids is 2. The molecule has 0 spiro atoms. The van der Waals surface area contributed by atoms with Gasteiger partial charge in [0.1, 0.15) is 4.32 Å². The first kappa shape index (κ1) is 22.2. The van der Waals surface area contributed by atoms with Crippen LogP contribution >= 0.6 is 15.9 Å². The van der Waals surface area contributed by atoms with Crippen molar-refractivity contribution in [3.8, 4) is 11.5 Å². The van der Waals surface area contributed by atoms with Crippen LogP contribution in [0.2, 0.25) is 0 Å². The number of phenols is 2. The van der Waals surface area contributed by atoms with Crippen molar-refractivity contribution in [2.75, 3.05) is 19.6 Å². The highest BCUT2D eigenvalue weighted by Crippen LogP contribution is 2.34. The van der Waals surface area contributed by atoms with Gasteiger partial charge >= 0.3 is 0 Å². The third kappa shape index (κ3) is 6.49. The Labute approximate surface area is 162 Å². The van der Waals surface area contributed by atoms with E-state index in [9.17, 15) is 19.8 Å². The first-order chi connectivity index (χ1) is 12.0. The molecule has 0 aliphatic heterocycles. The molecule has 8 heteroatoms. The highest BCUT2D eigenvalue weighted by molar-refractivity contribution is 9.10. The summed E-state index contributed by atoms with van der Waals surface area (Å²) in [5.74, 6) is -0.739. The maximum absolute atomic E-state index is 12.5. The van der Waals surface area contributed by atoms with E-state index >= 15 is 0 Å². The standard InChI is InChI=1S/C18H28BrN3O4/c1-17(2,11-18(3,19)16(26)22-9-7-20)15(25)21-8-6-12-4-5-13(23)14(24)10-12/h4-5,10,23-24H,6-9,11,20H2,1-3H3,(H,21,25)(H,22,26). The van der Waals surface area contributed by atoms with Crippen LogP contribution in [0.25, 0.3) is 0 Å². The lowest BCUT2D eigenvalue weighted by Crippen LogP contribution is -2.48. The summed E-state index contributed by atoms with van der Waals surface area (Å²) in [5, 5.41) is 24.4. The van der Waals surface area contributed by atoms with E-state index in [1.165, 1.54) is 12.1 Å². The van der Waals surface area contributed by atoms with E-state index in [1.807, 2.05) is 0 Å². The van der Waals surface area contributed by atoms with Crippen LogP contribution in [-0.4, -0.2) is 46.0 Å². The highest BCUT2D eigenvalue weighted by atomic mass is 79.9. The molecule has 1 unspecified atom stereocenters. The number of carbonyl (C=O) groups is 2. The van der Waals surface area contributed by atoms with Crippen LogP contribution in [-0.2, 0) is 16.0 Å². The Hall–Kier alpha value is -1.80. The van der Waals surface area contributed by atoms with E-state index in [2.05, 4.69) is 26.6 Å². The molecule has 6 N–H and O–H groups in total. The molecule has 1 aromatic rings. The lowest BCUT2D eigenvalue weighted by molar-refractivity contribution is -0.131. The molecule has 0 aromatic heterocycles. The number of hydrogen-bond donors (Lipinski definition) is 5. The third-order valence-electron chi connectivity index (χ3n) is 4.03. The number of hydrogen-bond acceptors (Lipinski definition) is 5. The lowest BCUT2D eigenvalue weighted by Gasteiger charge is -2.31. The van der Waals surface area contributed by atoms with Gasteiger partial charge in [0.25, 0.3) is 0 Å². The summed E-state index contributed by atoms with van der Waals surface area (Å²) in [7, 11) is 0. The first-order valence-corrected chi connectivity index (χ1v) is 9.25. The van der Waals surface area contributed by atoms with Gasteiger partial charge in [-0.25, -0.2) is 0 Å². The second kappa shape index (κ2) is 9.23. The van der Waals surface area contributed by atoms with E-state index in [4.69, 9.17) is 5.73 Å². The van der Waals surface area contributed by atoms with Gasteiger partial charge in [-0.2, -0.15) is 0 Å². The van der Waals surface area contributed by atoms with Crippen LogP contribution in [0.3, 0.4) is 0 Å². The molecule has 0 bridgehead atoms. The van der Waals surface area contributed by atoms with Gasteiger partial charge in [-0.1, -0.05) is 35.8 Å². The van der Waals surface area contributed by atoms with Crippen molar-refractivity contribution >= 4 is 27.7 Å². The molecular formula is C18H28BrN3O4. The molecule has 0 saturated heterocycles. The van der Waals surface area contributed by atoms with Crippen LogP contribution in [0.1, 0.15) is 32.8 Å². The zero-order valence-electron chi connectivity index (χ0n) is 15.4. The van der Waals surface area contributed by atoms with Crippen molar-refractivity contribution in [1.29, 1.82) is 0 Å². The van der Waals surface area contributed by atoms with Crippen LogP contribution in [0, 0.1) is 5.41 Å². The molecule has 2 amide bonds. The molecule has 0 aliphatic rings. The minimum atomic E-state index is -0.883. The number of amides is 2. The summed E-state index contributed by atoms with van der Waals surface area (Å²) in [6, 6.07) is 4.56. The van der Waals surface area contributed by atoms with Gasteiger partial charge in [-0.15, -0.1) is 0 Å². The molecule has 0 radical (unpaired) electrons. The molecule has 0 heterocycles. The van der Waals surface area contributed by atoms with Crippen LogP contribution in [0.4, 0.5) is 0 Å². The summed E-state index contributed by atoms with van der Waals surface area (Å²) < 4.78 is -0.883. The molecule has 146 valence electrons. The monoisotopic (exact) mass is 429 g/mol. The number of halogens is 1. The number of nitrogens with one attached hydrogen (secondary N) is 2. The smallest absolute Gasteiger partial charge is 0.236 e. The molecule has 0 saturated carbocycles. The molecule has 1 atom stereocenters. The molecule has 1 rings (SSSR count). The van der Waals surface area contributed by atoms with Crippen molar-refractivity contribution in [3.63, 3.8) is 0 Å². The van der Waals surface area contributed by atoms with Crippen molar-refractivity contribution in [2.45, 2.75) is 37.9 Å². The summed E-state index contributed by atoms with van der Waals surface area (Å²) in [6.07, 6.45) is 0.820. The number of rotatable bonds is 9. The Kier molecular flexibility index (Phi) is 7.89. The largest absolute Gasteiger partial charge is 0.504 e. The van der Waals surface area contributed by atoms with Crippen molar-refractivity contribution < 1.29 is 19.8 Å². The fourth-order valence-electron chi connectivity index (χ4n) is 2.64. The maximum atomic E-state index is 12.5. The van der Waals surface area contributed by atoms with Crippen LogP contribution < -0.4 is 16.4 Å². The molecule has 0 aliphatic carbocycles. The Morgan fingerprint density at radius 2 is 1.69 bits per heavy atom. The SMILES string of the molecule is CC(C)(CC(C)(Br)C(=O)NCCN)C(=O)NCCc1ccc(O)c(O)c1. The van der Waals surface area contributed by atoms with Crippen LogP contribution in [0.5, 0.6) is 11.5 Å². The van der Waals surface area contributed by atoms with E-state index in [1.54, 1.807) is 26.8 Å². The zero-order chi connectivity index (χ0) is 20.0. The average Bonchev–Trinajstić information content (AvgIpc) is 2.54. The second-order valence-electron chi connectivity index (χ2n) is 7.13. The van der Waals surface area contributed by atoms with E-state index in [0.717, 1.165) is 5.56 Å². The van der Waals surface area contributed by atoms with Gasteiger partial charge in [0, 0.05) is 25.0 Å². The molecular weight excluding hydrogens is 402 g/mol. The predicted molar refractivity (Wildman–Crippen MR) is 104 cm³/mol. The van der Waals surface area contributed by atoms with Crippen LogP contribution in [0.15, 0.2) is 18.2 Å². The summed E-state index contributed by atoms with van der Waals surface area (Å²) in [4.78, 5) is 24.7. The minimum Gasteiger partial charge on any atom is -0.504 e. The van der Waals surface area contributed by atoms with Crippen molar-refractivity contribution in [2.24, 2.45) is 11.1 Å². The topological polar surface area (TPSA) is 125 Å². The Balaban J connectivity index is 2.58. The maximum Gasteiger partial charge on any atom is 0.236 e. The Morgan fingerprint density at radius 3 is 2.27 bits per heavy atom. The molecule has 26 heavy (non-hydrogen) atoms. The Bertz CT molecular complexity index is 647. The highest BCUT2D eigenvalue weighted by Gasteiger charge is 2.40. The fourth-order valence-corrected chi connectivity index (χ4v) is 3.49. The summed E-state index contributed by atoms with van der Waals surface area (Å²) >= 11 is 3.42. The normalized spacial score (nSPS) is 13.7. The van der Waals surface area contributed by atoms with Gasteiger partial charge in [0.2, 0.25) is 11.8 Å². The molecule has 0 fully saturated rings. The number of benzene rings is 1. The fraction of sp³-hybridized carbons (Fsp3) is 0.556. The van der Waals surface area contributed by atoms with Gasteiger partial charge in [0.05, 0.1) is 0 Å². The third-order valence-corrected chi connectivity index (χ3v) is 4.67. The number of aromatic hydroxyl groups is 2. The number of nitrogens with two attached hydrogens (primary N) is 1. The quantitative estimate of drug-likeness (QED) is 0.299. The van der Waals surface area contributed by atoms with Gasteiger partial charge < -0.3 is 26.6 Å². The first-order valence-electron chi connectivity index (χ1n) is 8.46. The Morgan fingerprint density at radius 1 is 1.08 bits per heavy atom. The molecule has 1 aromatic carbocycles. The van der Waals surface area contributed by atoms with E-state index < -0.39 is 9.74 Å². The van der Waals surface area contributed by atoms with Crippen molar-refractivity contribution in [3.05, 3.63) is 23.8 Å². The van der Waals surface area contributed by atoms with Crippen molar-refractivity contribution in [1.82, 2.24) is 10.6 Å². The predicted octanol–water partition coefficient (Wildman–Crippen LogP) is 1.40.